The maximum atomic E-state index is 11.7. The fourth-order valence-corrected chi connectivity index (χ4v) is 4.12. The number of fused-ring (bicyclic) bond motifs is 2. The summed E-state index contributed by atoms with van der Waals surface area (Å²) in [6.07, 6.45) is 7.09. The normalized spacial score (nSPS) is 11.4. The van der Waals surface area contributed by atoms with Crippen LogP contribution >= 0.6 is 22.6 Å². The highest BCUT2D eigenvalue weighted by molar-refractivity contribution is 14.1. The van der Waals surface area contributed by atoms with Crippen LogP contribution in [0.3, 0.4) is 0 Å². The molecule has 144 valence electrons. The van der Waals surface area contributed by atoms with E-state index < -0.39 is 0 Å². The second kappa shape index (κ2) is 7.90. The summed E-state index contributed by atoms with van der Waals surface area (Å²) in [4.78, 5) is 20.5. The number of benzene rings is 1. The van der Waals surface area contributed by atoms with Crippen LogP contribution in [0.1, 0.15) is 31.7 Å². The molecular formula is C21H20IN3O3. The smallest absolute Gasteiger partial charge is 0.336 e. The van der Waals surface area contributed by atoms with Crippen LogP contribution in [0, 0.1) is 10.5 Å². The van der Waals surface area contributed by atoms with Crippen LogP contribution in [-0.4, -0.2) is 14.5 Å². The highest BCUT2D eigenvalue weighted by Crippen LogP contribution is 2.33. The molecule has 0 aliphatic rings. The van der Waals surface area contributed by atoms with Gasteiger partial charge in [-0.3, -0.25) is 0 Å². The minimum Gasteiger partial charge on any atom is -0.438 e. The number of aromatic nitrogens is 3. The summed E-state index contributed by atoms with van der Waals surface area (Å²) < 4.78 is 14.6. The summed E-state index contributed by atoms with van der Waals surface area (Å²) in [5.41, 5.74) is 1.87. The van der Waals surface area contributed by atoms with Gasteiger partial charge in [0.25, 0.3) is 0 Å². The summed E-state index contributed by atoms with van der Waals surface area (Å²) in [6.45, 7) is 5.00. The topological polar surface area (TPSA) is 70.2 Å². The molecular weight excluding hydrogens is 469 g/mol. The Labute approximate surface area is 175 Å². The fourth-order valence-electron chi connectivity index (χ4n) is 3.31. The first kappa shape index (κ1) is 18.9. The van der Waals surface area contributed by atoms with Gasteiger partial charge in [-0.25, -0.2) is 14.8 Å². The minimum atomic E-state index is -0.370. The maximum absolute atomic E-state index is 11.7. The molecule has 4 rings (SSSR count). The van der Waals surface area contributed by atoms with Crippen LogP contribution in [-0.2, 0) is 6.54 Å². The molecule has 6 nitrogen and oxygen atoms in total. The van der Waals surface area contributed by atoms with Gasteiger partial charge in [0.1, 0.15) is 23.3 Å². The maximum Gasteiger partial charge on any atom is 0.336 e. The van der Waals surface area contributed by atoms with Crippen molar-refractivity contribution in [2.45, 2.75) is 39.7 Å². The highest BCUT2D eigenvalue weighted by atomic mass is 127. The zero-order chi connectivity index (χ0) is 19.7. The first-order chi connectivity index (χ1) is 13.6. The minimum absolute atomic E-state index is 0.370. The van der Waals surface area contributed by atoms with Crippen molar-refractivity contribution in [2.24, 2.45) is 0 Å². The van der Waals surface area contributed by atoms with E-state index in [1.807, 2.05) is 19.1 Å². The number of ether oxygens (including phenoxy) is 1. The zero-order valence-electron chi connectivity index (χ0n) is 15.7. The van der Waals surface area contributed by atoms with E-state index in [0.29, 0.717) is 17.2 Å². The predicted octanol–water partition coefficient (Wildman–Crippen LogP) is 5.43. The van der Waals surface area contributed by atoms with E-state index in [1.165, 1.54) is 25.2 Å². The molecule has 1 aromatic carbocycles. The van der Waals surface area contributed by atoms with Gasteiger partial charge in [0, 0.05) is 33.8 Å². The van der Waals surface area contributed by atoms with Crippen molar-refractivity contribution in [1.29, 1.82) is 0 Å². The molecule has 3 heterocycles. The number of hydrogen-bond acceptors (Lipinski definition) is 5. The van der Waals surface area contributed by atoms with Gasteiger partial charge in [-0.1, -0.05) is 19.8 Å². The average Bonchev–Trinajstić information content (AvgIpc) is 2.98. The quantitative estimate of drug-likeness (QED) is 0.205. The van der Waals surface area contributed by atoms with Crippen LogP contribution in [0.25, 0.3) is 22.0 Å². The van der Waals surface area contributed by atoms with Crippen molar-refractivity contribution >= 4 is 44.6 Å². The molecule has 0 saturated heterocycles. The third-order valence-electron chi connectivity index (χ3n) is 4.71. The van der Waals surface area contributed by atoms with Gasteiger partial charge in [-0.2, -0.15) is 0 Å². The van der Waals surface area contributed by atoms with Crippen molar-refractivity contribution < 1.29 is 9.15 Å². The summed E-state index contributed by atoms with van der Waals surface area (Å²) in [7, 11) is 0. The fraction of sp³-hybridized carbons (Fsp3) is 0.286. The molecule has 28 heavy (non-hydrogen) atoms. The van der Waals surface area contributed by atoms with E-state index >= 15 is 0 Å². The Balaban J connectivity index is 1.72. The third kappa shape index (κ3) is 3.63. The Kier molecular flexibility index (Phi) is 5.34. The molecule has 0 saturated carbocycles. The Hall–Kier alpha value is -2.42. The van der Waals surface area contributed by atoms with Crippen LogP contribution in [0.2, 0.25) is 0 Å². The lowest BCUT2D eigenvalue weighted by Crippen LogP contribution is -1.99. The van der Waals surface area contributed by atoms with Crippen LogP contribution in [0.4, 0.5) is 0 Å². The first-order valence-electron chi connectivity index (χ1n) is 9.28. The molecule has 0 N–H and O–H groups in total. The molecule has 0 aliphatic heterocycles. The number of aryl methyl sites for hydroxylation is 2. The molecule has 4 aromatic rings. The number of halogens is 1. The van der Waals surface area contributed by atoms with Gasteiger partial charge in [0.2, 0.25) is 5.88 Å². The Morgan fingerprint density at radius 1 is 1.21 bits per heavy atom. The molecule has 0 amide bonds. The largest absolute Gasteiger partial charge is 0.438 e. The standard InChI is InChI=1S/C21H20IN3O3/c1-3-4-5-8-25-11-16(22)19-20(25)23-12-24-21(19)27-14-6-7-15-13(2)9-18(26)28-17(15)10-14/h6-7,9-12H,3-5,8H2,1-2H3. The Bertz CT molecular complexity index is 1210. The summed E-state index contributed by atoms with van der Waals surface area (Å²) in [6, 6.07) is 6.96. The second-order valence-electron chi connectivity index (χ2n) is 6.76. The van der Waals surface area contributed by atoms with E-state index in [2.05, 4.69) is 50.2 Å². The predicted molar refractivity (Wildman–Crippen MR) is 117 cm³/mol. The van der Waals surface area contributed by atoms with E-state index in [9.17, 15) is 4.79 Å². The van der Waals surface area contributed by atoms with Gasteiger partial charge >= 0.3 is 5.63 Å². The SMILES string of the molecule is CCCCCn1cc(I)c2c(Oc3ccc4c(C)cc(=O)oc4c3)ncnc21. The molecule has 0 spiro atoms. The van der Waals surface area contributed by atoms with E-state index in [0.717, 1.165) is 38.5 Å². The molecule has 0 atom stereocenters. The third-order valence-corrected chi connectivity index (χ3v) is 5.53. The summed E-state index contributed by atoms with van der Waals surface area (Å²) >= 11 is 2.29. The molecule has 0 radical (unpaired) electrons. The summed E-state index contributed by atoms with van der Waals surface area (Å²) in [5, 5.41) is 1.78. The molecule has 0 unspecified atom stereocenters. The Morgan fingerprint density at radius 2 is 2.07 bits per heavy atom. The van der Waals surface area contributed by atoms with E-state index in [4.69, 9.17) is 9.15 Å². The van der Waals surface area contributed by atoms with E-state index in [1.54, 1.807) is 6.07 Å². The van der Waals surface area contributed by atoms with Gasteiger partial charge in [0.15, 0.2) is 0 Å². The molecule has 0 bridgehead atoms. The lowest BCUT2D eigenvalue weighted by molar-refractivity contribution is 0.466. The van der Waals surface area contributed by atoms with Crippen molar-refractivity contribution in [1.82, 2.24) is 14.5 Å². The van der Waals surface area contributed by atoms with Crippen LogP contribution in [0.15, 0.2) is 46.0 Å². The lowest BCUT2D eigenvalue weighted by atomic mass is 10.1. The van der Waals surface area contributed by atoms with Gasteiger partial charge in [-0.05, 0) is 53.6 Å². The molecule has 0 aliphatic carbocycles. The lowest BCUT2D eigenvalue weighted by Gasteiger charge is -2.08. The number of unbranched alkanes of at least 4 members (excludes halogenated alkanes) is 2. The highest BCUT2D eigenvalue weighted by Gasteiger charge is 2.15. The molecule has 3 aromatic heterocycles. The zero-order valence-corrected chi connectivity index (χ0v) is 17.9. The average molecular weight is 489 g/mol. The van der Waals surface area contributed by atoms with Gasteiger partial charge < -0.3 is 13.7 Å². The van der Waals surface area contributed by atoms with Gasteiger partial charge in [-0.15, -0.1) is 0 Å². The van der Waals surface area contributed by atoms with Crippen LogP contribution < -0.4 is 10.4 Å². The monoisotopic (exact) mass is 489 g/mol. The second-order valence-corrected chi connectivity index (χ2v) is 7.93. The number of rotatable bonds is 6. The first-order valence-corrected chi connectivity index (χ1v) is 10.4. The summed E-state index contributed by atoms with van der Waals surface area (Å²) in [5.74, 6) is 1.06. The van der Waals surface area contributed by atoms with Crippen molar-refractivity contribution in [3.05, 3.63) is 56.3 Å². The van der Waals surface area contributed by atoms with Crippen molar-refractivity contribution in [3.63, 3.8) is 0 Å². The number of hydrogen-bond donors (Lipinski definition) is 0. The molecule has 7 heteroatoms. The van der Waals surface area contributed by atoms with Crippen LogP contribution in [0.5, 0.6) is 11.6 Å². The van der Waals surface area contributed by atoms with Crippen molar-refractivity contribution in [3.8, 4) is 11.6 Å². The molecule has 0 fully saturated rings. The van der Waals surface area contributed by atoms with Crippen molar-refractivity contribution in [2.75, 3.05) is 0 Å². The van der Waals surface area contributed by atoms with E-state index in [-0.39, 0.29) is 5.63 Å². The Morgan fingerprint density at radius 3 is 2.89 bits per heavy atom. The number of nitrogens with zero attached hydrogens (tertiary/aromatic N) is 3. The van der Waals surface area contributed by atoms with Gasteiger partial charge in [0.05, 0.1) is 5.39 Å².